The number of nitrogens with zero attached hydrogens (tertiary/aromatic N) is 2. The van der Waals surface area contributed by atoms with Gasteiger partial charge >= 0.3 is 0 Å². The molecule has 4 rings (SSSR count). The van der Waals surface area contributed by atoms with Crippen LogP contribution in [-0.2, 0) is 32.6 Å². The van der Waals surface area contributed by atoms with Crippen molar-refractivity contribution in [2.45, 2.75) is 50.2 Å². The quantitative estimate of drug-likeness (QED) is 0.185. The molecule has 4 aromatic rings. The van der Waals surface area contributed by atoms with Gasteiger partial charge in [-0.1, -0.05) is 67.6 Å². The van der Waals surface area contributed by atoms with E-state index in [-0.39, 0.29) is 29.8 Å². The molecule has 0 aliphatic carbocycles. The van der Waals surface area contributed by atoms with Gasteiger partial charge in [-0.15, -0.1) is 0 Å². The fourth-order valence-electron chi connectivity index (χ4n) is 4.96. The molecule has 0 unspecified atom stereocenters. The number of carbonyl (C=O) groups excluding carboxylic acids is 2. The van der Waals surface area contributed by atoms with Gasteiger partial charge < -0.3 is 19.7 Å². The molecule has 0 heterocycles. The lowest BCUT2D eigenvalue weighted by Gasteiger charge is -2.34. The van der Waals surface area contributed by atoms with Crippen molar-refractivity contribution in [3.63, 3.8) is 0 Å². The lowest BCUT2D eigenvalue weighted by Crippen LogP contribution is -2.54. The second-order valence-electron chi connectivity index (χ2n) is 10.9. The number of sulfonamides is 1. The summed E-state index contributed by atoms with van der Waals surface area (Å²) in [5, 5.41) is 3.04. The summed E-state index contributed by atoms with van der Waals surface area (Å²) >= 11 is 0. The van der Waals surface area contributed by atoms with Crippen molar-refractivity contribution in [1.82, 2.24) is 10.2 Å². The fourth-order valence-corrected chi connectivity index (χ4v) is 6.37. The Labute approximate surface area is 271 Å². The summed E-state index contributed by atoms with van der Waals surface area (Å²) in [7, 11) is -1.15. The molecule has 0 aromatic heterocycles. The molecule has 4 aromatic carbocycles. The molecule has 0 saturated carbocycles. The first-order chi connectivity index (χ1) is 22.2. The molecule has 0 spiro atoms. The number of ether oxygens (including phenoxy) is 2. The maximum absolute atomic E-state index is 14.5. The first kappa shape index (κ1) is 34.1. The number of nitrogens with one attached hydrogen (secondary N) is 1. The predicted molar refractivity (Wildman–Crippen MR) is 179 cm³/mol. The van der Waals surface area contributed by atoms with Crippen LogP contribution >= 0.6 is 0 Å². The number of methoxy groups -OCH3 is 2. The fraction of sp³-hybridized carbons (Fsp3) is 0.278. The van der Waals surface area contributed by atoms with E-state index in [1.165, 1.54) is 24.1 Å². The minimum absolute atomic E-state index is 0.000326. The van der Waals surface area contributed by atoms with Gasteiger partial charge in [-0.3, -0.25) is 13.9 Å². The maximum atomic E-state index is 14.5. The molecule has 9 nitrogen and oxygen atoms in total. The Balaban J connectivity index is 1.80. The van der Waals surface area contributed by atoms with Crippen LogP contribution in [0.15, 0.2) is 114 Å². The molecule has 0 aliphatic heterocycles. The molecule has 0 aliphatic rings. The van der Waals surface area contributed by atoms with Gasteiger partial charge in [0.2, 0.25) is 11.8 Å². The smallest absolute Gasteiger partial charge is 0.264 e. The lowest BCUT2D eigenvalue weighted by molar-refractivity contribution is -0.140. The zero-order chi connectivity index (χ0) is 33.1. The summed E-state index contributed by atoms with van der Waals surface area (Å²) in [6.07, 6.45) is 0.935. The number of amides is 2. The topological polar surface area (TPSA) is 105 Å². The number of rotatable bonds is 15. The van der Waals surface area contributed by atoms with E-state index in [1.807, 2.05) is 56.3 Å². The molecular formula is C36H41N3O6S. The van der Waals surface area contributed by atoms with Gasteiger partial charge in [-0.2, -0.15) is 0 Å². The average molecular weight is 644 g/mol. The normalized spacial score (nSPS) is 12.4. The van der Waals surface area contributed by atoms with Crippen molar-refractivity contribution in [3.8, 4) is 11.5 Å². The van der Waals surface area contributed by atoms with Crippen molar-refractivity contribution in [2.24, 2.45) is 0 Å². The molecule has 242 valence electrons. The van der Waals surface area contributed by atoms with Crippen molar-refractivity contribution in [1.29, 1.82) is 0 Å². The number of anilines is 1. The van der Waals surface area contributed by atoms with Crippen LogP contribution in [0.3, 0.4) is 0 Å². The van der Waals surface area contributed by atoms with Gasteiger partial charge in [0, 0.05) is 19.0 Å². The molecule has 2 atom stereocenters. The van der Waals surface area contributed by atoms with E-state index >= 15 is 0 Å². The van der Waals surface area contributed by atoms with Crippen LogP contribution in [0.2, 0.25) is 0 Å². The average Bonchev–Trinajstić information content (AvgIpc) is 3.09. The summed E-state index contributed by atoms with van der Waals surface area (Å²) in [6, 6.07) is 30.1. The summed E-state index contributed by atoms with van der Waals surface area (Å²) in [5.41, 5.74) is 1.91. The number of hydrogen-bond acceptors (Lipinski definition) is 6. The highest BCUT2D eigenvalue weighted by Gasteiger charge is 2.35. The third-order valence-electron chi connectivity index (χ3n) is 7.73. The molecule has 0 saturated heterocycles. The zero-order valence-corrected chi connectivity index (χ0v) is 27.4. The van der Waals surface area contributed by atoms with E-state index in [0.29, 0.717) is 23.6 Å². The molecule has 0 radical (unpaired) electrons. The van der Waals surface area contributed by atoms with Gasteiger partial charge in [0.15, 0.2) is 0 Å². The number of carbonyl (C=O) groups is 2. The maximum Gasteiger partial charge on any atom is 0.264 e. The summed E-state index contributed by atoms with van der Waals surface area (Å²) in [5.74, 6) is 0.242. The van der Waals surface area contributed by atoms with Crippen molar-refractivity contribution in [3.05, 3.63) is 120 Å². The van der Waals surface area contributed by atoms with Crippen LogP contribution in [0, 0.1) is 0 Å². The minimum atomic E-state index is -4.21. The van der Waals surface area contributed by atoms with Gasteiger partial charge in [-0.25, -0.2) is 8.42 Å². The highest BCUT2D eigenvalue weighted by Crippen LogP contribution is 2.26. The third kappa shape index (κ3) is 8.66. The van der Waals surface area contributed by atoms with Crippen molar-refractivity contribution < 1.29 is 27.5 Å². The summed E-state index contributed by atoms with van der Waals surface area (Å²) in [4.78, 5) is 30.0. The van der Waals surface area contributed by atoms with Crippen LogP contribution in [0.1, 0.15) is 31.4 Å². The monoisotopic (exact) mass is 643 g/mol. The van der Waals surface area contributed by atoms with E-state index in [2.05, 4.69) is 5.32 Å². The molecular weight excluding hydrogens is 602 g/mol. The Morgan fingerprint density at radius 2 is 1.39 bits per heavy atom. The Bertz CT molecular complexity index is 1680. The SMILES string of the molecule is CC[C@@H](C)NC(=O)[C@@H](Cc1ccccc1)N(Cc1cccc(OC)c1)C(=O)CN(c1ccccc1)S(=O)(=O)c1ccc(OC)cc1. The highest BCUT2D eigenvalue weighted by atomic mass is 32.2. The Morgan fingerprint density at radius 1 is 0.783 bits per heavy atom. The van der Waals surface area contributed by atoms with Crippen molar-refractivity contribution in [2.75, 3.05) is 25.1 Å². The summed E-state index contributed by atoms with van der Waals surface area (Å²) < 4.78 is 40.0. The number of hydrogen-bond donors (Lipinski definition) is 1. The van der Waals surface area contributed by atoms with Crippen LogP contribution < -0.4 is 19.1 Å². The molecule has 2 amide bonds. The first-order valence-corrected chi connectivity index (χ1v) is 16.6. The number of benzene rings is 4. The Kier molecular flexibility index (Phi) is 11.8. The molecule has 1 N–H and O–H groups in total. The van der Waals surface area contributed by atoms with Crippen LogP contribution in [-0.4, -0.2) is 58.0 Å². The highest BCUT2D eigenvalue weighted by molar-refractivity contribution is 7.92. The molecule has 10 heteroatoms. The van der Waals surface area contributed by atoms with Gasteiger partial charge in [-0.05, 0) is 73.0 Å². The largest absolute Gasteiger partial charge is 0.497 e. The van der Waals surface area contributed by atoms with Gasteiger partial charge in [0.05, 0.1) is 24.8 Å². The Hall–Kier alpha value is -4.83. The van der Waals surface area contributed by atoms with Gasteiger partial charge in [0.1, 0.15) is 24.1 Å². The number of para-hydroxylation sites is 1. The third-order valence-corrected chi connectivity index (χ3v) is 9.52. The second-order valence-corrected chi connectivity index (χ2v) is 12.8. The van der Waals surface area contributed by atoms with Crippen LogP contribution in [0.5, 0.6) is 11.5 Å². The van der Waals surface area contributed by atoms with Gasteiger partial charge in [0.25, 0.3) is 10.0 Å². The zero-order valence-electron chi connectivity index (χ0n) is 26.6. The van der Waals surface area contributed by atoms with Crippen LogP contribution in [0.25, 0.3) is 0 Å². The van der Waals surface area contributed by atoms with E-state index in [1.54, 1.807) is 61.7 Å². The molecule has 0 fully saturated rings. The Morgan fingerprint density at radius 3 is 2.00 bits per heavy atom. The second kappa shape index (κ2) is 15.9. The summed E-state index contributed by atoms with van der Waals surface area (Å²) in [6.45, 7) is 3.39. The van der Waals surface area contributed by atoms with E-state index in [0.717, 1.165) is 15.4 Å². The molecule has 0 bridgehead atoms. The first-order valence-electron chi connectivity index (χ1n) is 15.1. The standard InChI is InChI=1S/C36H41N3O6S/c1-5-27(2)37-36(41)34(24-28-13-8-6-9-14-28)38(25-29-15-12-18-32(23-29)45-4)35(40)26-39(30-16-10-7-11-17-30)46(42,43)33-21-19-31(44-3)20-22-33/h6-23,27,34H,5,24-26H2,1-4H3,(H,37,41)/t27-,34-/m1/s1. The molecule has 46 heavy (non-hydrogen) atoms. The van der Waals surface area contributed by atoms with E-state index < -0.39 is 28.5 Å². The van der Waals surface area contributed by atoms with E-state index in [4.69, 9.17) is 9.47 Å². The van der Waals surface area contributed by atoms with Crippen molar-refractivity contribution >= 4 is 27.5 Å². The lowest BCUT2D eigenvalue weighted by atomic mass is 10.0. The van der Waals surface area contributed by atoms with Crippen LogP contribution in [0.4, 0.5) is 5.69 Å². The minimum Gasteiger partial charge on any atom is -0.497 e. The van der Waals surface area contributed by atoms with E-state index in [9.17, 15) is 18.0 Å². The predicted octanol–water partition coefficient (Wildman–Crippen LogP) is 5.45.